The molecule has 8 nitrogen and oxygen atoms in total. The lowest BCUT2D eigenvalue weighted by molar-refractivity contribution is -1.04. The summed E-state index contributed by atoms with van der Waals surface area (Å²) in [7, 11) is 0. The molecule has 26 heavy (non-hydrogen) atoms. The van der Waals surface area contributed by atoms with Crippen LogP contribution in [0.4, 0.5) is 0 Å². The fourth-order valence-corrected chi connectivity index (χ4v) is 3.44. The van der Waals surface area contributed by atoms with Crippen molar-refractivity contribution >= 4 is 17.5 Å². The number of rotatable bonds is 7. The van der Waals surface area contributed by atoms with E-state index in [1.54, 1.807) is 18.2 Å². The summed E-state index contributed by atoms with van der Waals surface area (Å²) in [5, 5.41) is 22.2. The van der Waals surface area contributed by atoms with E-state index in [1.165, 1.54) is 11.0 Å². The van der Waals surface area contributed by atoms with Crippen LogP contribution in [-0.2, 0) is 16.2 Å². The van der Waals surface area contributed by atoms with E-state index in [0.717, 1.165) is 30.5 Å². The summed E-state index contributed by atoms with van der Waals surface area (Å²) in [5.41, 5.74) is 1.51. The van der Waals surface area contributed by atoms with Crippen LogP contribution >= 0.6 is 11.6 Å². The Labute approximate surface area is 156 Å². The Balaban J connectivity index is 1.91. The van der Waals surface area contributed by atoms with Gasteiger partial charge < -0.3 is 5.11 Å². The van der Waals surface area contributed by atoms with E-state index in [9.17, 15) is 9.90 Å². The van der Waals surface area contributed by atoms with Crippen LogP contribution in [0.1, 0.15) is 38.2 Å². The fraction of sp³-hybridized carbons (Fsp3) is 0.529. The Morgan fingerprint density at radius 1 is 1.50 bits per heavy atom. The van der Waals surface area contributed by atoms with Crippen molar-refractivity contribution in [3.8, 4) is 5.69 Å². The number of aromatic nitrogens is 4. The first kappa shape index (κ1) is 18.9. The van der Waals surface area contributed by atoms with E-state index < -0.39 is 6.10 Å². The van der Waals surface area contributed by atoms with Crippen LogP contribution in [0, 0.1) is 0 Å². The lowest BCUT2D eigenvalue weighted by Gasteiger charge is -2.30. The molecular formula is C17H23ClN5O3+. The topological polar surface area (TPSA) is 90.1 Å². The number of hydrogen-bond acceptors (Lipinski definition) is 6. The molecule has 140 valence electrons. The number of hydrogen-bond donors (Lipinski definition) is 1. The summed E-state index contributed by atoms with van der Waals surface area (Å²) in [6.45, 7) is 3.28. The number of tetrazole rings is 1. The van der Waals surface area contributed by atoms with E-state index in [2.05, 4.69) is 15.5 Å². The number of carbonyl (C=O) groups is 1. The highest BCUT2D eigenvalue weighted by molar-refractivity contribution is 6.30. The zero-order chi connectivity index (χ0) is 18.6. The summed E-state index contributed by atoms with van der Waals surface area (Å²) >= 11 is 6.18. The highest BCUT2D eigenvalue weighted by Crippen LogP contribution is 2.29. The van der Waals surface area contributed by atoms with Crippen molar-refractivity contribution in [2.24, 2.45) is 0 Å². The number of hydroxylamine groups is 3. The van der Waals surface area contributed by atoms with Crippen LogP contribution in [0.25, 0.3) is 5.69 Å². The molecule has 1 aromatic carbocycles. The van der Waals surface area contributed by atoms with Gasteiger partial charge in [0.1, 0.15) is 26.0 Å². The molecule has 9 heteroatoms. The largest absolute Gasteiger partial charge is 0.379 e. The highest BCUT2D eigenvalue weighted by Gasteiger charge is 2.46. The van der Waals surface area contributed by atoms with Gasteiger partial charge in [-0.05, 0) is 35.0 Å². The highest BCUT2D eigenvalue weighted by atomic mass is 35.5. The number of halogens is 1. The minimum atomic E-state index is -1.04. The van der Waals surface area contributed by atoms with Crippen LogP contribution in [0.5, 0.6) is 0 Å². The molecule has 0 bridgehead atoms. The zero-order valence-corrected chi connectivity index (χ0v) is 15.5. The molecule has 1 saturated heterocycles. The van der Waals surface area contributed by atoms with Gasteiger partial charge in [-0.2, -0.15) is 4.84 Å². The summed E-state index contributed by atoms with van der Waals surface area (Å²) < 4.78 is 1.29. The normalized spacial score (nSPS) is 21.0. The third-order valence-electron chi connectivity index (χ3n) is 4.58. The van der Waals surface area contributed by atoms with Gasteiger partial charge in [0.15, 0.2) is 6.10 Å². The van der Waals surface area contributed by atoms with Crippen molar-refractivity contribution in [1.82, 2.24) is 20.2 Å². The molecule has 0 spiro atoms. The fourth-order valence-electron chi connectivity index (χ4n) is 3.24. The van der Waals surface area contributed by atoms with Crippen molar-refractivity contribution in [2.45, 2.75) is 45.3 Å². The van der Waals surface area contributed by atoms with Crippen LogP contribution in [0.2, 0.25) is 5.02 Å². The molecule has 0 saturated carbocycles. The molecular weight excluding hydrogens is 358 g/mol. The molecule has 0 radical (unpaired) electrons. The van der Waals surface area contributed by atoms with Gasteiger partial charge in [-0.1, -0.05) is 31.4 Å². The monoisotopic (exact) mass is 380 g/mol. The molecule has 1 aliphatic heterocycles. The molecule has 1 amide bonds. The second kappa shape index (κ2) is 8.22. The molecule has 1 N–H and O–H groups in total. The lowest BCUT2D eigenvalue weighted by atomic mass is 10.1. The van der Waals surface area contributed by atoms with Crippen LogP contribution in [-0.4, -0.2) is 55.1 Å². The van der Waals surface area contributed by atoms with E-state index >= 15 is 0 Å². The predicted octanol–water partition coefficient (Wildman–Crippen LogP) is 2.05. The Kier molecular flexibility index (Phi) is 5.98. The number of unbranched alkanes of at least 4 members (excludes halogenated alkanes) is 1. The number of aliphatic hydroxyl groups excluding tert-OH is 1. The smallest absolute Gasteiger partial charge is 0.374 e. The number of aliphatic hydroxyl groups is 1. The van der Waals surface area contributed by atoms with Gasteiger partial charge in [0, 0.05) is 17.0 Å². The molecule has 1 unspecified atom stereocenters. The molecule has 2 aromatic rings. The molecule has 1 aromatic heterocycles. The average molecular weight is 381 g/mol. The average Bonchev–Trinajstić information content (AvgIpc) is 3.32. The third-order valence-corrected chi connectivity index (χ3v) is 4.82. The Morgan fingerprint density at radius 2 is 2.35 bits per heavy atom. The first-order chi connectivity index (χ1) is 12.6. The standard InChI is InChI=1S/C17H23ClN5O3/c1-2-3-5-16(24)17(25)23(8-4-9-26-23)11-13-10-14(18)6-7-15(13)22-12-19-20-21-22/h6-7,10,12,16,24H,2-5,8-9,11H2,1H3/q+1/t16-,23?/m1/s1. The Hall–Kier alpha value is -1.87. The van der Waals surface area contributed by atoms with Gasteiger partial charge in [-0.15, -0.1) is 9.75 Å². The van der Waals surface area contributed by atoms with Gasteiger partial charge in [0.25, 0.3) is 0 Å². The van der Waals surface area contributed by atoms with E-state index in [0.29, 0.717) is 24.6 Å². The molecule has 2 heterocycles. The first-order valence-electron chi connectivity index (χ1n) is 8.81. The second-order valence-corrected chi connectivity index (χ2v) is 6.92. The number of amides is 1. The molecule has 2 atom stereocenters. The lowest BCUT2D eigenvalue weighted by Crippen LogP contribution is -2.53. The third kappa shape index (κ3) is 3.93. The van der Waals surface area contributed by atoms with Crippen LogP contribution in [0.15, 0.2) is 24.5 Å². The SMILES string of the molecule is CCCC[C@@H](O)C(=O)[N+]1(Cc2cc(Cl)ccc2-n2cnnn2)CCCO1. The molecule has 3 rings (SSSR count). The van der Waals surface area contributed by atoms with E-state index in [4.69, 9.17) is 16.4 Å². The van der Waals surface area contributed by atoms with Crippen molar-refractivity contribution in [3.63, 3.8) is 0 Å². The van der Waals surface area contributed by atoms with Gasteiger partial charge >= 0.3 is 5.91 Å². The number of carbonyl (C=O) groups excluding carboxylic acids is 1. The van der Waals surface area contributed by atoms with Crippen molar-refractivity contribution < 1.29 is 19.4 Å². The van der Waals surface area contributed by atoms with E-state index in [-0.39, 0.29) is 17.1 Å². The maximum absolute atomic E-state index is 13.0. The zero-order valence-electron chi connectivity index (χ0n) is 14.7. The first-order valence-corrected chi connectivity index (χ1v) is 9.19. The van der Waals surface area contributed by atoms with Crippen LogP contribution < -0.4 is 0 Å². The molecule has 1 fully saturated rings. The quantitative estimate of drug-likeness (QED) is 0.739. The maximum Gasteiger partial charge on any atom is 0.374 e. The number of nitrogens with zero attached hydrogens (tertiary/aromatic N) is 5. The number of quaternary nitrogens is 1. The minimum Gasteiger partial charge on any atom is -0.379 e. The summed E-state index contributed by atoms with van der Waals surface area (Å²) in [4.78, 5) is 18.8. The molecule has 1 aliphatic rings. The molecule has 0 aliphatic carbocycles. The Morgan fingerprint density at radius 3 is 3.00 bits per heavy atom. The van der Waals surface area contributed by atoms with Crippen molar-refractivity contribution in [1.29, 1.82) is 0 Å². The summed E-state index contributed by atoms with van der Waals surface area (Å²) in [6.07, 6.45) is 3.35. The van der Waals surface area contributed by atoms with Gasteiger partial charge in [-0.3, -0.25) is 0 Å². The summed E-state index contributed by atoms with van der Waals surface area (Å²) in [5.74, 6) is -0.307. The van der Waals surface area contributed by atoms with Crippen molar-refractivity contribution in [3.05, 3.63) is 35.1 Å². The maximum atomic E-state index is 13.0. The van der Waals surface area contributed by atoms with Gasteiger partial charge in [-0.25, -0.2) is 9.48 Å². The predicted molar refractivity (Wildman–Crippen MR) is 94.1 cm³/mol. The Bertz CT molecular complexity index is 747. The van der Waals surface area contributed by atoms with Gasteiger partial charge in [0.2, 0.25) is 0 Å². The number of benzene rings is 1. The van der Waals surface area contributed by atoms with Gasteiger partial charge in [0.05, 0.1) is 5.69 Å². The van der Waals surface area contributed by atoms with Crippen LogP contribution in [0.3, 0.4) is 0 Å². The summed E-state index contributed by atoms with van der Waals surface area (Å²) in [6, 6.07) is 5.33. The van der Waals surface area contributed by atoms with E-state index in [1.807, 2.05) is 6.92 Å². The second-order valence-electron chi connectivity index (χ2n) is 6.48. The van der Waals surface area contributed by atoms with Crippen molar-refractivity contribution in [2.75, 3.05) is 13.2 Å². The minimum absolute atomic E-state index is 0.236.